The smallest absolute Gasteiger partial charge is 0.315 e. The zero-order chi connectivity index (χ0) is 14.0. The summed E-state index contributed by atoms with van der Waals surface area (Å²) in [7, 11) is 1.34. The van der Waals surface area contributed by atoms with Gasteiger partial charge < -0.3 is 4.74 Å². The molecule has 0 saturated heterocycles. The summed E-state index contributed by atoms with van der Waals surface area (Å²) >= 11 is 5.77. The summed E-state index contributed by atoms with van der Waals surface area (Å²) < 4.78 is 4.84. The van der Waals surface area contributed by atoms with Crippen LogP contribution < -0.4 is 0 Å². The van der Waals surface area contributed by atoms with Gasteiger partial charge in [0.25, 0.3) is 0 Å². The zero-order valence-corrected chi connectivity index (χ0v) is 12.2. The second-order valence-corrected chi connectivity index (χ2v) is 5.34. The van der Waals surface area contributed by atoms with Gasteiger partial charge in [0.1, 0.15) is 10.9 Å². The predicted octanol–water partition coefficient (Wildman–Crippen LogP) is 2.76. The van der Waals surface area contributed by atoms with E-state index >= 15 is 0 Å². The standard InChI is InChI=1S/C13H12N2O2S2/c1-7-10(13(16)17-2)11(8-3-4-19-6-8)9(5-14)12(18)15-7/h3-4,6,10-11,18H,1-2H3/t10?,11-/m1/s1. The number of thiophene rings is 1. The Labute approximate surface area is 120 Å². The van der Waals surface area contributed by atoms with Gasteiger partial charge in [0.15, 0.2) is 0 Å². The maximum Gasteiger partial charge on any atom is 0.315 e. The normalized spacial score (nSPS) is 22.7. The molecule has 1 aromatic heterocycles. The summed E-state index contributed by atoms with van der Waals surface area (Å²) in [6.07, 6.45) is 0. The minimum Gasteiger partial charge on any atom is -0.468 e. The summed E-state index contributed by atoms with van der Waals surface area (Å²) in [5.74, 6) is -1.31. The first kappa shape index (κ1) is 13.8. The molecule has 2 atom stereocenters. The lowest BCUT2D eigenvalue weighted by molar-refractivity contribution is -0.143. The van der Waals surface area contributed by atoms with Crippen LogP contribution in [0, 0.1) is 17.2 Å². The molecule has 0 fully saturated rings. The number of nitriles is 1. The van der Waals surface area contributed by atoms with E-state index in [1.54, 1.807) is 6.92 Å². The fourth-order valence-corrected chi connectivity index (χ4v) is 3.25. The SMILES string of the molecule is COC(=O)C1C(C)=NC(S)=C(C#N)[C@H]1c1ccsc1. The first-order chi connectivity index (χ1) is 9.10. The third kappa shape index (κ3) is 2.44. The molecule has 0 spiro atoms. The fourth-order valence-electron chi connectivity index (χ4n) is 2.21. The van der Waals surface area contributed by atoms with Crippen LogP contribution in [0.5, 0.6) is 0 Å². The average molecular weight is 292 g/mol. The molecule has 0 aromatic carbocycles. The molecular weight excluding hydrogens is 280 g/mol. The molecule has 0 saturated carbocycles. The van der Waals surface area contributed by atoms with Crippen molar-refractivity contribution in [1.82, 2.24) is 0 Å². The molecule has 98 valence electrons. The molecule has 1 aliphatic heterocycles. The van der Waals surface area contributed by atoms with E-state index in [2.05, 4.69) is 23.7 Å². The van der Waals surface area contributed by atoms with Gasteiger partial charge in [0.2, 0.25) is 0 Å². The molecule has 0 N–H and O–H groups in total. The number of methoxy groups -OCH3 is 1. The van der Waals surface area contributed by atoms with Crippen molar-refractivity contribution in [2.24, 2.45) is 10.9 Å². The number of ether oxygens (including phenoxy) is 1. The Morgan fingerprint density at radius 3 is 2.89 bits per heavy atom. The summed E-state index contributed by atoms with van der Waals surface area (Å²) in [5, 5.41) is 13.5. The number of hydrogen-bond donors (Lipinski definition) is 1. The number of thiol groups is 1. The minimum atomic E-state index is -0.565. The summed E-state index contributed by atoms with van der Waals surface area (Å²) in [6, 6.07) is 4.02. The number of aliphatic imine (C=N–C) groups is 1. The highest BCUT2D eigenvalue weighted by Crippen LogP contribution is 2.40. The minimum absolute atomic E-state index is 0.367. The highest BCUT2D eigenvalue weighted by atomic mass is 32.1. The van der Waals surface area contributed by atoms with Crippen molar-refractivity contribution in [2.75, 3.05) is 7.11 Å². The Kier molecular flexibility index (Phi) is 4.08. The quantitative estimate of drug-likeness (QED) is 0.673. The van der Waals surface area contributed by atoms with E-state index in [0.717, 1.165) is 5.56 Å². The van der Waals surface area contributed by atoms with Gasteiger partial charge in [-0.3, -0.25) is 4.79 Å². The van der Waals surface area contributed by atoms with Crippen LogP contribution in [0.2, 0.25) is 0 Å². The van der Waals surface area contributed by atoms with Crippen LogP contribution in [0.15, 0.2) is 32.4 Å². The molecular formula is C13H12N2O2S2. The number of nitrogens with zero attached hydrogens (tertiary/aromatic N) is 2. The lowest BCUT2D eigenvalue weighted by Crippen LogP contribution is -2.33. The first-order valence-corrected chi connectivity index (χ1v) is 6.97. The zero-order valence-electron chi connectivity index (χ0n) is 10.5. The van der Waals surface area contributed by atoms with E-state index in [4.69, 9.17) is 4.74 Å². The molecule has 2 rings (SSSR count). The van der Waals surface area contributed by atoms with Gasteiger partial charge in [-0.15, -0.1) is 12.6 Å². The largest absolute Gasteiger partial charge is 0.468 e. The highest BCUT2D eigenvalue weighted by Gasteiger charge is 2.39. The lowest BCUT2D eigenvalue weighted by Gasteiger charge is -2.28. The third-order valence-corrected chi connectivity index (χ3v) is 4.14. The Morgan fingerprint density at radius 2 is 2.37 bits per heavy atom. The second-order valence-electron chi connectivity index (χ2n) is 4.14. The van der Waals surface area contributed by atoms with Crippen molar-refractivity contribution in [1.29, 1.82) is 5.26 Å². The summed E-state index contributed by atoms with van der Waals surface area (Å²) in [5.41, 5.74) is 1.94. The highest BCUT2D eigenvalue weighted by molar-refractivity contribution is 7.84. The van der Waals surface area contributed by atoms with Gasteiger partial charge in [-0.05, 0) is 29.3 Å². The number of carbonyl (C=O) groups excluding carboxylic acids is 1. The Hall–Kier alpha value is -1.58. The van der Waals surface area contributed by atoms with E-state index < -0.39 is 5.92 Å². The summed E-state index contributed by atoms with van der Waals surface area (Å²) in [6.45, 7) is 1.76. The van der Waals surface area contributed by atoms with Gasteiger partial charge in [0, 0.05) is 11.6 Å². The van der Waals surface area contributed by atoms with E-state index in [0.29, 0.717) is 16.3 Å². The van der Waals surface area contributed by atoms with Gasteiger partial charge in [0.05, 0.1) is 18.8 Å². The van der Waals surface area contributed by atoms with Gasteiger partial charge in [-0.1, -0.05) is 0 Å². The predicted molar refractivity (Wildman–Crippen MR) is 77.3 cm³/mol. The maximum atomic E-state index is 12.0. The number of esters is 1. The Morgan fingerprint density at radius 1 is 1.63 bits per heavy atom. The molecule has 19 heavy (non-hydrogen) atoms. The maximum absolute atomic E-state index is 12.0. The molecule has 0 amide bonds. The van der Waals surface area contributed by atoms with Crippen LogP contribution in [0.3, 0.4) is 0 Å². The number of carbonyl (C=O) groups is 1. The van der Waals surface area contributed by atoms with Crippen LogP contribution in [0.4, 0.5) is 0 Å². The Balaban J connectivity index is 2.58. The van der Waals surface area contributed by atoms with E-state index in [1.807, 2.05) is 16.8 Å². The number of allylic oxidation sites excluding steroid dienone is 1. The van der Waals surface area contributed by atoms with E-state index in [1.165, 1.54) is 18.4 Å². The van der Waals surface area contributed by atoms with Crippen molar-refractivity contribution in [3.8, 4) is 6.07 Å². The van der Waals surface area contributed by atoms with E-state index in [-0.39, 0.29) is 11.9 Å². The molecule has 0 aliphatic carbocycles. The molecule has 0 bridgehead atoms. The molecule has 0 radical (unpaired) electrons. The topological polar surface area (TPSA) is 62.4 Å². The fraction of sp³-hybridized carbons (Fsp3) is 0.308. The monoisotopic (exact) mass is 292 g/mol. The van der Waals surface area contributed by atoms with Crippen molar-refractivity contribution in [2.45, 2.75) is 12.8 Å². The van der Waals surface area contributed by atoms with Crippen molar-refractivity contribution < 1.29 is 9.53 Å². The third-order valence-electron chi connectivity index (χ3n) is 3.10. The number of rotatable bonds is 2. The van der Waals surface area contributed by atoms with Gasteiger partial charge in [-0.25, -0.2) is 4.99 Å². The molecule has 4 nitrogen and oxygen atoms in total. The van der Waals surface area contributed by atoms with Crippen molar-refractivity contribution >= 4 is 35.6 Å². The van der Waals surface area contributed by atoms with Crippen molar-refractivity contribution in [3.05, 3.63) is 33.0 Å². The number of hydrogen-bond acceptors (Lipinski definition) is 6. The van der Waals surface area contributed by atoms with Crippen LogP contribution >= 0.6 is 24.0 Å². The van der Waals surface area contributed by atoms with Crippen LogP contribution in [-0.2, 0) is 9.53 Å². The molecule has 1 aliphatic rings. The first-order valence-electron chi connectivity index (χ1n) is 5.58. The second kappa shape index (κ2) is 5.59. The lowest BCUT2D eigenvalue weighted by atomic mass is 9.78. The van der Waals surface area contributed by atoms with Crippen LogP contribution in [0.25, 0.3) is 0 Å². The molecule has 2 heterocycles. The van der Waals surface area contributed by atoms with Crippen molar-refractivity contribution in [3.63, 3.8) is 0 Å². The van der Waals surface area contributed by atoms with Gasteiger partial charge in [-0.2, -0.15) is 16.6 Å². The Bertz CT molecular complexity index is 597. The van der Waals surface area contributed by atoms with Gasteiger partial charge >= 0.3 is 5.97 Å². The van der Waals surface area contributed by atoms with Crippen LogP contribution in [-0.4, -0.2) is 18.8 Å². The van der Waals surface area contributed by atoms with Crippen LogP contribution in [0.1, 0.15) is 18.4 Å². The summed E-state index contributed by atoms with van der Waals surface area (Å²) in [4.78, 5) is 16.2. The average Bonchev–Trinajstić information content (AvgIpc) is 2.90. The molecule has 6 heteroatoms. The van der Waals surface area contributed by atoms with E-state index in [9.17, 15) is 10.1 Å². The molecule has 1 unspecified atom stereocenters. The molecule has 1 aromatic rings.